The van der Waals surface area contributed by atoms with Gasteiger partial charge in [0.05, 0.1) is 11.9 Å². The van der Waals surface area contributed by atoms with Crippen molar-refractivity contribution in [1.82, 2.24) is 10.2 Å². The molecule has 7 nitrogen and oxygen atoms in total. The number of hydrogen-bond acceptors (Lipinski definition) is 4. The van der Waals surface area contributed by atoms with E-state index in [4.69, 9.17) is 0 Å². The Kier molecular flexibility index (Phi) is 10.9. The van der Waals surface area contributed by atoms with Crippen molar-refractivity contribution in [2.75, 3.05) is 17.1 Å². The summed E-state index contributed by atoms with van der Waals surface area (Å²) in [7, 11) is -3.80. The van der Waals surface area contributed by atoms with Crippen LogP contribution >= 0.6 is 15.9 Å². The SMILES string of the molecule is CC(C)NC(=O)C(Cc1ccccc1)N(Cc1ccc(Br)cc1)C(=O)CN(c1ccc(C(C)C)cc1)S(C)(=O)=O. The highest BCUT2D eigenvalue weighted by Gasteiger charge is 2.33. The summed E-state index contributed by atoms with van der Waals surface area (Å²) >= 11 is 3.44. The van der Waals surface area contributed by atoms with E-state index in [9.17, 15) is 18.0 Å². The number of hydrogen-bond donors (Lipinski definition) is 1. The summed E-state index contributed by atoms with van der Waals surface area (Å²) in [6.45, 7) is 7.55. The maximum absolute atomic E-state index is 14.1. The molecule has 0 bridgehead atoms. The molecule has 0 spiro atoms. The van der Waals surface area contributed by atoms with E-state index in [1.807, 2.05) is 80.6 Å². The molecule has 214 valence electrons. The molecule has 3 aromatic carbocycles. The largest absolute Gasteiger partial charge is 0.352 e. The van der Waals surface area contributed by atoms with Crippen LogP contribution in [0, 0.1) is 0 Å². The van der Waals surface area contributed by atoms with Crippen molar-refractivity contribution in [3.63, 3.8) is 0 Å². The highest BCUT2D eigenvalue weighted by atomic mass is 79.9. The van der Waals surface area contributed by atoms with Crippen LogP contribution < -0.4 is 9.62 Å². The average Bonchev–Trinajstić information content (AvgIpc) is 2.89. The zero-order valence-electron chi connectivity index (χ0n) is 23.7. The van der Waals surface area contributed by atoms with Gasteiger partial charge in [0.2, 0.25) is 21.8 Å². The van der Waals surface area contributed by atoms with Gasteiger partial charge in [-0.25, -0.2) is 8.42 Å². The Labute approximate surface area is 246 Å². The Balaban J connectivity index is 2.03. The minimum absolute atomic E-state index is 0.137. The number of carbonyl (C=O) groups excluding carboxylic acids is 2. The van der Waals surface area contributed by atoms with Crippen LogP contribution in [0.25, 0.3) is 0 Å². The van der Waals surface area contributed by atoms with Crippen LogP contribution in [0.1, 0.15) is 50.3 Å². The first-order chi connectivity index (χ1) is 18.8. The quantitative estimate of drug-likeness (QED) is 0.287. The van der Waals surface area contributed by atoms with Gasteiger partial charge in [-0.2, -0.15) is 0 Å². The predicted octanol–water partition coefficient (Wildman–Crippen LogP) is 5.50. The second-order valence-electron chi connectivity index (χ2n) is 10.5. The molecule has 3 rings (SSSR count). The van der Waals surface area contributed by atoms with E-state index in [1.165, 1.54) is 4.90 Å². The van der Waals surface area contributed by atoms with Crippen LogP contribution in [0.2, 0.25) is 0 Å². The number of carbonyl (C=O) groups is 2. The van der Waals surface area contributed by atoms with Gasteiger partial charge in [-0.1, -0.05) is 84.4 Å². The van der Waals surface area contributed by atoms with Crippen molar-refractivity contribution in [3.8, 4) is 0 Å². The third kappa shape index (κ3) is 8.93. The summed E-state index contributed by atoms with van der Waals surface area (Å²) in [5, 5.41) is 2.95. The van der Waals surface area contributed by atoms with Gasteiger partial charge < -0.3 is 10.2 Å². The van der Waals surface area contributed by atoms with Crippen LogP contribution in [-0.2, 0) is 32.6 Å². The van der Waals surface area contributed by atoms with E-state index in [0.29, 0.717) is 5.69 Å². The lowest BCUT2D eigenvalue weighted by atomic mass is 10.0. The van der Waals surface area contributed by atoms with Crippen molar-refractivity contribution in [2.24, 2.45) is 0 Å². The zero-order chi connectivity index (χ0) is 29.4. The molecule has 0 aliphatic heterocycles. The number of sulfonamides is 1. The third-order valence-electron chi connectivity index (χ3n) is 6.50. The van der Waals surface area contributed by atoms with Gasteiger partial charge in [-0.3, -0.25) is 13.9 Å². The summed E-state index contributed by atoms with van der Waals surface area (Å²) in [6, 6.07) is 23.2. The Morgan fingerprint density at radius 2 is 1.45 bits per heavy atom. The van der Waals surface area contributed by atoms with Crippen LogP contribution in [0.15, 0.2) is 83.3 Å². The number of rotatable bonds is 12. The van der Waals surface area contributed by atoms with E-state index < -0.39 is 28.5 Å². The molecule has 9 heteroatoms. The van der Waals surface area contributed by atoms with Crippen LogP contribution in [0.5, 0.6) is 0 Å². The van der Waals surface area contributed by atoms with E-state index in [0.717, 1.165) is 31.7 Å². The van der Waals surface area contributed by atoms with Gasteiger partial charge in [0.1, 0.15) is 12.6 Å². The average molecular weight is 629 g/mol. The van der Waals surface area contributed by atoms with Gasteiger partial charge in [0.15, 0.2) is 0 Å². The minimum Gasteiger partial charge on any atom is -0.352 e. The fourth-order valence-electron chi connectivity index (χ4n) is 4.36. The third-order valence-corrected chi connectivity index (χ3v) is 8.16. The number of halogens is 1. The molecule has 1 N–H and O–H groups in total. The lowest BCUT2D eigenvalue weighted by Crippen LogP contribution is -2.54. The number of anilines is 1. The van der Waals surface area contributed by atoms with Crippen molar-refractivity contribution in [1.29, 1.82) is 0 Å². The molecule has 0 heterocycles. The summed E-state index contributed by atoms with van der Waals surface area (Å²) < 4.78 is 27.8. The second kappa shape index (κ2) is 13.9. The smallest absolute Gasteiger partial charge is 0.244 e. The number of amides is 2. The van der Waals surface area contributed by atoms with Crippen molar-refractivity contribution in [3.05, 3.63) is 100 Å². The second-order valence-corrected chi connectivity index (χ2v) is 13.4. The summed E-state index contributed by atoms with van der Waals surface area (Å²) in [5.74, 6) is -0.486. The molecule has 0 saturated carbocycles. The van der Waals surface area contributed by atoms with Gasteiger partial charge in [-0.05, 0) is 60.7 Å². The zero-order valence-corrected chi connectivity index (χ0v) is 26.1. The highest BCUT2D eigenvalue weighted by Crippen LogP contribution is 2.23. The fraction of sp³-hybridized carbons (Fsp3) is 0.355. The topological polar surface area (TPSA) is 86.8 Å². The molecule has 0 fully saturated rings. The Morgan fingerprint density at radius 3 is 1.98 bits per heavy atom. The van der Waals surface area contributed by atoms with Crippen LogP contribution in [-0.4, -0.2) is 50.0 Å². The minimum atomic E-state index is -3.80. The molecule has 0 saturated heterocycles. The standard InChI is InChI=1S/C31H38BrN3O4S/c1-22(2)26-13-17-28(18-14-26)35(40(5,38)39)21-30(36)34(20-25-11-15-27(32)16-12-25)29(31(37)33-23(3)4)19-24-9-7-6-8-10-24/h6-18,22-23,29H,19-21H2,1-5H3,(H,33,37). The molecule has 3 aromatic rings. The Hall–Kier alpha value is -3.17. The number of nitrogens with one attached hydrogen (secondary N) is 1. The Bertz CT molecular complexity index is 1380. The van der Waals surface area contributed by atoms with E-state index in [1.54, 1.807) is 12.1 Å². The predicted molar refractivity (Wildman–Crippen MR) is 165 cm³/mol. The van der Waals surface area contributed by atoms with Gasteiger partial charge in [0, 0.05) is 23.5 Å². The van der Waals surface area contributed by atoms with Crippen molar-refractivity contribution in [2.45, 2.75) is 58.7 Å². The molecule has 0 aliphatic rings. The van der Waals surface area contributed by atoms with E-state index in [2.05, 4.69) is 35.1 Å². The van der Waals surface area contributed by atoms with Gasteiger partial charge >= 0.3 is 0 Å². The maximum Gasteiger partial charge on any atom is 0.244 e. The van der Waals surface area contributed by atoms with E-state index in [-0.39, 0.29) is 30.8 Å². The lowest BCUT2D eigenvalue weighted by Gasteiger charge is -2.34. The molecule has 40 heavy (non-hydrogen) atoms. The molecular weight excluding hydrogens is 590 g/mol. The first kappa shape index (κ1) is 31.4. The van der Waals surface area contributed by atoms with Gasteiger partial charge in [0.25, 0.3) is 0 Å². The normalized spacial score (nSPS) is 12.3. The molecule has 0 aromatic heterocycles. The van der Waals surface area contributed by atoms with Crippen LogP contribution in [0.4, 0.5) is 5.69 Å². The maximum atomic E-state index is 14.1. The summed E-state index contributed by atoms with van der Waals surface area (Å²) in [5.41, 5.74) is 3.17. The lowest BCUT2D eigenvalue weighted by molar-refractivity contribution is -0.140. The van der Waals surface area contributed by atoms with Crippen molar-refractivity contribution < 1.29 is 18.0 Å². The molecule has 0 aliphatic carbocycles. The monoisotopic (exact) mass is 627 g/mol. The summed E-state index contributed by atoms with van der Waals surface area (Å²) in [4.78, 5) is 29.1. The molecule has 1 atom stereocenters. The first-order valence-corrected chi connectivity index (χ1v) is 15.9. The van der Waals surface area contributed by atoms with Gasteiger partial charge in [-0.15, -0.1) is 0 Å². The van der Waals surface area contributed by atoms with E-state index >= 15 is 0 Å². The van der Waals surface area contributed by atoms with Crippen molar-refractivity contribution >= 4 is 43.5 Å². The Morgan fingerprint density at radius 1 is 0.850 bits per heavy atom. The number of nitrogens with zero attached hydrogens (tertiary/aromatic N) is 2. The van der Waals surface area contributed by atoms with Crippen LogP contribution in [0.3, 0.4) is 0 Å². The first-order valence-electron chi connectivity index (χ1n) is 13.3. The fourth-order valence-corrected chi connectivity index (χ4v) is 5.47. The number of benzene rings is 3. The molecular formula is C31H38BrN3O4S. The molecule has 2 amide bonds. The summed E-state index contributed by atoms with van der Waals surface area (Å²) in [6.07, 6.45) is 1.37. The highest BCUT2D eigenvalue weighted by molar-refractivity contribution is 9.10. The molecule has 1 unspecified atom stereocenters. The molecule has 0 radical (unpaired) electrons.